The number of hydrogen-bond donors (Lipinski definition) is 1. The van der Waals surface area contributed by atoms with E-state index in [0.717, 1.165) is 57.3 Å². The van der Waals surface area contributed by atoms with E-state index in [1.807, 2.05) is 6.07 Å². The van der Waals surface area contributed by atoms with Crippen molar-refractivity contribution in [3.63, 3.8) is 0 Å². The second-order valence-electron chi connectivity index (χ2n) is 9.83. The third kappa shape index (κ3) is 4.55. The number of nitrogens with one attached hydrogen (secondary N) is 1. The molecule has 1 aliphatic heterocycles. The van der Waals surface area contributed by atoms with Crippen LogP contribution in [0.5, 0.6) is 0 Å². The van der Waals surface area contributed by atoms with Crippen molar-refractivity contribution in [3.8, 4) is 0 Å². The maximum atomic E-state index is 13.7. The average Bonchev–Trinajstić information content (AvgIpc) is 3.44. The summed E-state index contributed by atoms with van der Waals surface area (Å²) in [4.78, 5) is 20.2. The first-order valence-electron chi connectivity index (χ1n) is 12.1. The Morgan fingerprint density at radius 3 is 2.59 bits per heavy atom. The normalized spacial score (nSPS) is 22.5. The van der Waals surface area contributed by atoms with Gasteiger partial charge in [-0.25, -0.2) is 18.3 Å². The second-order valence-corrected chi connectivity index (χ2v) is 9.83. The van der Waals surface area contributed by atoms with Gasteiger partial charge in [0.05, 0.1) is 17.9 Å². The van der Waals surface area contributed by atoms with Gasteiger partial charge in [0.1, 0.15) is 5.56 Å². The van der Waals surface area contributed by atoms with Crippen LogP contribution in [-0.4, -0.2) is 55.3 Å². The van der Waals surface area contributed by atoms with E-state index in [0.29, 0.717) is 17.5 Å². The molecular formula is C24H31F2N7O. The van der Waals surface area contributed by atoms with E-state index in [1.165, 1.54) is 6.20 Å². The van der Waals surface area contributed by atoms with Gasteiger partial charge in [-0.2, -0.15) is 10.2 Å². The fourth-order valence-corrected chi connectivity index (χ4v) is 5.12. The molecule has 0 spiro atoms. The predicted octanol–water partition coefficient (Wildman–Crippen LogP) is 4.68. The highest BCUT2D eigenvalue weighted by Gasteiger charge is 2.27. The van der Waals surface area contributed by atoms with Crippen LogP contribution in [0.25, 0.3) is 5.65 Å². The van der Waals surface area contributed by atoms with Crippen molar-refractivity contribution >= 4 is 17.2 Å². The number of nitrogens with zero attached hydrogens (tertiary/aromatic N) is 6. The van der Waals surface area contributed by atoms with Crippen LogP contribution in [0, 0.1) is 5.92 Å². The number of piperidine rings is 1. The van der Waals surface area contributed by atoms with Crippen LogP contribution in [0.1, 0.15) is 85.6 Å². The zero-order valence-electron chi connectivity index (χ0n) is 19.6. The minimum atomic E-state index is -2.78. The highest BCUT2D eigenvalue weighted by molar-refractivity contribution is 6.08. The molecule has 8 nitrogen and oxygen atoms in total. The lowest BCUT2D eigenvalue weighted by Gasteiger charge is -2.28. The summed E-state index contributed by atoms with van der Waals surface area (Å²) in [6, 6.07) is 2.02. The number of rotatable bonds is 5. The van der Waals surface area contributed by atoms with Crippen molar-refractivity contribution in [1.29, 1.82) is 0 Å². The predicted molar refractivity (Wildman–Crippen MR) is 124 cm³/mol. The summed E-state index contributed by atoms with van der Waals surface area (Å²) >= 11 is 0. The summed E-state index contributed by atoms with van der Waals surface area (Å²) in [5.41, 5.74) is 1.27. The quantitative estimate of drug-likeness (QED) is 0.585. The van der Waals surface area contributed by atoms with Crippen LogP contribution in [0.4, 0.5) is 14.5 Å². The molecule has 2 fully saturated rings. The summed E-state index contributed by atoms with van der Waals surface area (Å²) in [6.45, 7) is 4.22. The monoisotopic (exact) mass is 471 g/mol. The van der Waals surface area contributed by atoms with Crippen molar-refractivity contribution in [1.82, 2.24) is 29.3 Å². The van der Waals surface area contributed by atoms with E-state index < -0.39 is 18.0 Å². The lowest BCUT2D eigenvalue weighted by Crippen LogP contribution is -2.29. The number of fused-ring (bicyclic) bond motifs is 1. The van der Waals surface area contributed by atoms with Crippen molar-refractivity contribution in [2.45, 2.75) is 63.8 Å². The van der Waals surface area contributed by atoms with Gasteiger partial charge >= 0.3 is 0 Å². The largest absolute Gasteiger partial charge is 0.319 e. The molecule has 0 bridgehead atoms. The fraction of sp³-hybridized carbons (Fsp3) is 0.583. The summed E-state index contributed by atoms with van der Waals surface area (Å²) < 4.78 is 30.6. The van der Waals surface area contributed by atoms with Gasteiger partial charge < -0.3 is 10.2 Å². The molecule has 34 heavy (non-hydrogen) atoms. The molecule has 3 aromatic rings. The number of alkyl halides is 2. The lowest BCUT2D eigenvalue weighted by atomic mass is 9.87. The van der Waals surface area contributed by atoms with E-state index in [2.05, 4.69) is 34.4 Å². The van der Waals surface area contributed by atoms with Crippen LogP contribution in [0.15, 0.2) is 24.7 Å². The van der Waals surface area contributed by atoms with E-state index in [9.17, 15) is 13.6 Å². The van der Waals surface area contributed by atoms with E-state index in [4.69, 9.17) is 4.98 Å². The molecule has 3 aromatic heterocycles. The minimum Gasteiger partial charge on any atom is -0.319 e. The minimum absolute atomic E-state index is 0.0458. The molecule has 1 aliphatic carbocycles. The molecule has 0 aromatic carbocycles. The first kappa shape index (κ1) is 22.9. The zero-order valence-corrected chi connectivity index (χ0v) is 19.6. The van der Waals surface area contributed by atoms with Crippen LogP contribution in [-0.2, 0) is 0 Å². The number of amides is 1. The summed E-state index contributed by atoms with van der Waals surface area (Å²) in [7, 11) is 2.11. The van der Waals surface area contributed by atoms with Gasteiger partial charge in [-0.1, -0.05) is 6.92 Å². The maximum absolute atomic E-state index is 13.7. The molecule has 0 radical (unpaired) electrons. The van der Waals surface area contributed by atoms with Gasteiger partial charge in [0, 0.05) is 24.0 Å². The van der Waals surface area contributed by atoms with Crippen molar-refractivity contribution in [2.24, 2.45) is 5.92 Å². The molecule has 182 valence electrons. The molecule has 1 saturated heterocycles. The highest BCUT2D eigenvalue weighted by atomic mass is 19.3. The number of halogens is 2. The Morgan fingerprint density at radius 2 is 1.88 bits per heavy atom. The smallest absolute Gasteiger partial charge is 0.284 e. The van der Waals surface area contributed by atoms with Gasteiger partial charge in [0.2, 0.25) is 0 Å². The lowest BCUT2D eigenvalue weighted by molar-refractivity contribution is 0.102. The van der Waals surface area contributed by atoms with Gasteiger partial charge in [0.15, 0.2) is 11.3 Å². The van der Waals surface area contributed by atoms with E-state index in [-0.39, 0.29) is 17.3 Å². The molecule has 5 rings (SSSR count). The Balaban J connectivity index is 1.38. The van der Waals surface area contributed by atoms with E-state index >= 15 is 0 Å². The van der Waals surface area contributed by atoms with Crippen LogP contribution >= 0.6 is 0 Å². The van der Waals surface area contributed by atoms with E-state index in [1.54, 1.807) is 21.6 Å². The number of anilines is 1. The fourth-order valence-electron chi connectivity index (χ4n) is 5.12. The second kappa shape index (κ2) is 9.40. The van der Waals surface area contributed by atoms with Gasteiger partial charge in [-0.05, 0) is 70.6 Å². The van der Waals surface area contributed by atoms with Crippen LogP contribution in [0.2, 0.25) is 0 Å². The first-order valence-corrected chi connectivity index (χ1v) is 12.1. The first-order chi connectivity index (χ1) is 16.4. The highest BCUT2D eigenvalue weighted by Crippen LogP contribution is 2.34. The Hall–Kier alpha value is -2.88. The van der Waals surface area contributed by atoms with Crippen molar-refractivity contribution in [3.05, 3.63) is 41.6 Å². The Morgan fingerprint density at radius 1 is 1.15 bits per heavy atom. The number of likely N-dealkylation sites (tertiary alicyclic amines) is 1. The van der Waals surface area contributed by atoms with Crippen LogP contribution < -0.4 is 5.32 Å². The molecule has 1 N–H and O–H groups in total. The van der Waals surface area contributed by atoms with Crippen LogP contribution in [0.3, 0.4) is 0 Å². The number of hydrogen-bond acceptors (Lipinski definition) is 5. The summed E-state index contributed by atoms with van der Waals surface area (Å²) in [5.74, 6) is 0.457. The molecule has 0 unspecified atom stereocenters. The summed E-state index contributed by atoms with van der Waals surface area (Å²) in [5, 5.41) is 11.0. The Bertz CT molecular complexity index is 1160. The molecule has 10 heteroatoms. The molecule has 0 atom stereocenters. The van der Waals surface area contributed by atoms with Gasteiger partial charge in [-0.3, -0.25) is 9.48 Å². The van der Waals surface area contributed by atoms with Gasteiger partial charge in [0.25, 0.3) is 12.3 Å². The topological polar surface area (TPSA) is 80.4 Å². The third-order valence-electron chi connectivity index (χ3n) is 7.35. The average molecular weight is 472 g/mol. The van der Waals surface area contributed by atoms with Crippen molar-refractivity contribution < 1.29 is 13.6 Å². The van der Waals surface area contributed by atoms with Gasteiger partial charge in [-0.15, -0.1) is 0 Å². The number of carbonyl (C=O) groups excluding carboxylic acids is 1. The molecule has 1 amide bonds. The molecule has 1 saturated carbocycles. The standard InChI is InChI=1S/C24H31F2N7O/c1-15-3-5-17(6-4-15)33-14-20(21(30-33)22(25)26)29-24(34)18-13-27-32-12-9-19(28-23(18)32)16-7-10-31(2)11-8-16/h9,12-17,22H,3-8,10-11H2,1-2H3,(H,29,34)/t15-,17-. The number of carbonyl (C=O) groups is 1. The summed E-state index contributed by atoms with van der Waals surface area (Å²) in [6.07, 6.45) is 7.91. The maximum Gasteiger partial charge on any atom is 0.284 e. The molecular weight excluding hydrogens is 440 g/mol. The molecule has 2 aliphatic rings. The Kier molecular flexibility index (Phi) is 6.33. The Labute approximate surface area is 197 Å². The molecule has 4 heterocycles. The number of aromatic nitrogens is 5. The third-order valence-corrected chi connectivity index (χ3v) is 7.35. The van der Waals surface area contributed by atoms with Crippen molar-refractivity contribution in [2.75, 3.05) is 25.5 Å². The zero-order chi connectivity index (χ0) is 23.8. The SMILES string of the molecule is CN1CCC(c2ccn3ncc(C(=O)Nc4cn([C@H]5CC[C@H](C)CC5)nc4C(F)F)c3n2)CC1.